The van der Waals surface area contributed by atoms with E-state index in [1.165, 1.54) is 97.8 Å². The van der Waals surface area contributed by atoms with Crippen LogP contribution in [0.15, 0.2) is 126 Å². The molecule has 2 aliphatic rings. The highest BCUT2D eigenvalue weighted by molar-refractivity contribution is 7.27. The molecule has 0 unspecified atom stereocenters. The average molecular weight is 783 g/mol. The van der Waals surface area contributed by atoms with Crippen LogP contribution in [0.1, 0.15) is 79.0 Å². The van der Waals surface area contributed by atoms with E-state index in [1.807, 2.05) is 11.3 Å². The highest BCUT2D eigenvalue weighted by atomic mass is 32.1. The van der Waals surface area contributed by atoms with E-state index in [0.717, 1.165) is 21.9 Å². The van der Waals surface area contributed by atoms with Crippen molar-refractivity contribution in [3.8, 4) is 16.8 Å². The topological polar surface area (TPSA) is 21.3 Å². The molecule has 0 spiro atoms. The van der Waals surface area contributed by atoms with E-state index in [2.05, 4.69) is 193 Å². The molecular weight excluding hydrogens is 735 g/mol. The molecule has 7 aromatic carbocycles. The summed E-state index contributed by atoms with van der Waals surface area (Å²) in [5, 5.41) is 7.67. The van der Waals surface area contributed by atoms with Gasteiger partial charge in [0.05, 0.1) is 11.0 Å². The van der Waals surface area contributed by atoms with Gasteiger partial charge in [0.25, 0.3) is 0 Å². The summed E-state index contributed by atoms with van der Waals surface area (Å²) >= 11 is 1.95. The van der Waals surface area contributed by atoms with Crippen molar-refractivity contribution in [3.05, 3.63) is 138 Å². The van der Waals surface area contributed by atoms with Gasteiger partial charge in [-0.1, -0.05) is 129 Å². The summed E-state index contributed by atoms with van der Waals surface area (Å²) in [6.45, 7) is 20.9. The lowest BCUT2D eigenvalue weighted by molar-refractivity contribution is 0.590. The van der Waals surface area contributed by atoms with Crippen molar-refractivity contribution in [3.63, 3.8) is 0 Å². The van der Waals surface area contributed by atoms with Gasteiger partial charge in [-0.3, -0.25) is 0 Å². The van der Waals surface area contributed by atoms with Crippen molar-refractivity contribution >= 4 is 104 Å². The number of nitrogens with zero attached hydrogens (tertiary/aromatic N) is 2. The molecule has 10 aromatic rings. The Morgan fingerprint density at radius 2 is 1.20 bits per heavy atom. The van der Waals surface area contributed by atoms with Gasteiger partial charge in [-0.15, -0.1) is 11.3 Å². The zero-order chi connectivity index (χ0) is 40.5. The zero-order valence-corrected chi connectivity index (χ0v) is 36.2. The molecule has 3 nitrogen and oxygen atoms in total. The van der Waals surface area contributed by atoms with Crippen molar-refractivity contribution < 1.29 is 4.42 Å². The molecule has 59 heavy (non-hydrogen) atoms. The lowest BCUT2D eigenvalue weighted by atomic mass is 9.43. The smallest absolute Gasteiger partial charge is 0.333 e. The summed E-state index contributed by atoms with van der Waals surface area (Å²) in [5.41, 5.74) is 17.4. The normalized spacial score (nSPS) is 14.1. The van der Waals surface area contributed by atoms with Crippen LogP contribution in [0.3, 0.4) is 0 Å². The number of benzene rings is 7. The highest BCUT2D eigenvalue weighted by Crippen LogP contribution is 2.54. The molecule has 0 aliphatic carbocycles. The maximum atomic E-state index is 6.74. The van der Waals surface area contributed by atoms with E-state index in [-0.39, 0.29) is 23.1 Å². The monoisotopic (exact) mass is 782 g/mol. The van der Waals surface area contributed by atoms with Crippen molar-refractivity contribution in [1.82, 2.24) is 4.57 Å². The molecule has 0 radical (unpaired) electrons. The van der Waals surface area contributed by atoms with Gasteiger partial charge in [-0.05, 0) is 104 Å². The van der Waals surface area contributed by atoms with Gasteiger partial charge in [-0.25, -0.2) is 0 Å². The minimum atomic E-state index is -0.0876. The second kappa shape index (κ2) is 11.5. The standard InChI is InChI=1S/C54H47BN2OS/c1-52(2,3)30-18-22-33(23-19-30)57-42-28-36-34-14-10-12-16-43(34)58-44(36)29-38(42)46-47-35-15-11-13-17-45(35)59-51(47)48-37-26-31(53(4,5)6)20-24-40(37)56-41-25-21-32(54(7,8)9)27-39(41)55(57)49(46)50(48)56/h10-29H,1-9H3. The van der Waals surface area contributed by atoms with Gasteiger partial charge in [0.1, 0.15) is 11.2 Å². The molecule has 2 aliphatic heterocycles. The van der Waals surface area contributed by atoms with Crippen LogP contribution in [0.4, 0.5) is 11.4 Å². The lowest BCUT2D eigenvalue weighted by Gasteiger charge is -2.42. The lowest BCUT2D eigenvalue weighted by Crippen LogP contribution is -2.60. The Morgan fingerprint density at radius 1 is 0.542 bits per heavy atom. The number of para-hydroxylation sites is 1. The van der Waals surface area contributed by atoms with Gasteiger partial charge in [0.2, 0.25) is 0 Å². The van der Waals surface area contributed by atoms with E-state index in [1.54, 1.807) is 0 Å². The Labute approximate surface area is 350 Å². The zero-order valence-electron chi connectivity index (χ0n) is 35.3. The summed E-state index contributed by atoms with van der Waals surface area (Å²) in [6, 6.07) is 46.5. The predicted octanol–water partition coefficient (Wildman–Crippen LogP) is 14.2. The van der Waals surface area contributed by atoms with Crippen molar-refractivity contribution in [2.45, 2.75) is 78.6 Å². The maximum Gasteiger partial charge on any atom is 0.333 e. The largest absolute Gasteiger partial charge is 0.456 e. The molecule has 0 amide bonds. The number of aromatic nitrogens is 1. The molecule has 3 aromatic heterocycles. The van der Waals surface area contributed by atoms with Crippen LogP contribution in [0.2, 0.25) is 0 Å². The third-order valence-electron chi connectivity index (χ3n) is 13.4. The molecule has 0 bridgehead atoms. The first-order chi connectivity index (χ1) is 28.2. The summed E-state index contributed by atoms with van der Waals surface area (Å²) in [5.74, 6) is 0. The van der Waals surface area contributed by atoms with E-state index < -0.39 is 0 Å². The number of rotatable bonds is 1. The Bertz CT molecular complexity index is 3450. The number of hydrogen-bond donors (Lipinski definition) is 0. The van der Waals surface area contributed by atoms with E-state index in [0.29, 0.717) is 0 Å². The predicted molar refractivity (Wildman–Crippen MR) is 256 cm³/mol. The van der Waals surface area contributed by atoms with Crippen molar-refractivity contribution in [2.24, 2.45) is 0 Å². The maximum absolute atomic E-state index is 6.74. The van der Waals surface area contributed by atoms with Crippen LogP contribution in [0.25, 0.3) is 80.7 Å². The molecule has 0 saturated heterocycles. The first kappa shape index (κ1) is 35.2. The van der Waals surface area contributed by atoms with Crippen LogP contribution in [0, 0.1) is 0 Å². The van der Waals surface area contributed by atoms with E-state index in [9.17, 15) is 0 Å². The number of hydrogen-bond acceptors (Lipinski definition) is 3. The van der Waals surface area contributed by atoms with Gasteiger partial charge in [0, 0.05) is 64.3 Å². The van der Waals surface area contributed by atoms with Crippen molar-refractivity contribution in [2.75, 3.05) is 4.81 Å². The molecule has 0 saturated carbocycles. The fraction of sp³-hybridized carbons (Fsp3) is 0.222. The summed E-state index contributed by atoms with van der Waals surface area (Å²) in [7, 11) is 0. The fourth-order valence-electron chi connectivity index (χ4n) is 10.3. The third kappa shape index (κ3) is 4.77. The summed E-state index contributed by atoms with van der Waals surface area (Å²) in [4.78, 5) is 2.68. The SMILES string of the molecule is CC(C)(C)c1ccc(N2B3c4cc(C(C)(C)C)ccc4-n4c5ccc(C(C)(C)C)cc5c5c6sc7ccccc7c6c(c3c54)-c3cc4oc5ccccc5c4cc32)cc1. The van der Waals surface area contributed by atoms with Crippen LogP contribution in [-0.4, -0.2) is 11.4 Å². The van der Waals surface area contributed by atoms with Gasteiger partial charge in [-0.2, -0.15) is 0 Å². The Kier molecular flexibility index (Phi) is 6.85. The van der Waals surface area contributed by atoms with Gasteiger partial charge >= 0.3 is 6.85 Å². The molecule has 5 heteroatoms. The first-order valence-corrected chi connectivity index (χ1v) is 21.9. The number of fused-ring (bicyclic) bond motifs is 16. The second-order valence-corrected chi connectivity index (χ2v) is 21.2. The Hall–Kier alpha value is -5.78. The summed E-state index contributed by atoms with van der Waals surface area (Å²) < 4.78 is 12.1. The second-order valence-electron chi connectivity index (χ2n) is 20.2. The molecule has 12 rings (SSSR count). The molecule has 5 heterocycles. The molecular formula is C54H47BN2OS. The first-order valence-electron chi connectivity index (χ1n) is 21.1. The van der Waals surface area contributed by atoms with Crippen molar-refractivity contribution in [1.29, 1.82) is 0 Å². The minimum absolute atomic E-state index is 0.00520. The van der Waals surface area contributed by atoms with Crippen LogP contribution in [-0.2, 0) is 16.2 Å². The molecule has 288 valence electrons. The average Bonchev–Trinajstić information content (AvgIpc) is 3.88. The van der Waals surface area contributed by atoms with Crippen LogP contribution >= 0.6 is 11.3 Å². The molecule has 0 fully saturated rings. The third-order valence-corrected chi connectivity index (χ3v) is 14.6. The van der Waals surface area contributed by atoms with Gasteiger partial charge in [0.15, 0.2) is 0 Å². The Morgan fingerprint density at radius 3 is 1.95 bits per heavy atom. The van der Waals surface area contributed by atoms with Crippen LogP contribution < -0.4 is 15.7 Å². The van der Waals surface area contributed by atoms with E-state index >= 15 is 0 Å². The number of thiophene rings is 1. The van der Waals surface area contributed by atoms with E-state index in [4.69, 9.17) is 4.42 Å². The molecule has 0 atom stereocenters. The fourth-order valence-corrected chi connectivity index (χ4v) is 11.6. The summed E-state index contributed by atoms with van der Waals surface area (Å²) in [6.07, 6.45) is 0. The van der Waals surface area contributed by atoms with Gasteiger partial charge < -0.3 is 13.8 Å². The van der Waals surface area contributed by atoms with Crippen LogP contribution in [0.5, 0.6) is 0 Å². The highest BCUT2D eigenvalue weighted by Gasteiger charge is 2.46. The quantitative estimate of drug-likeness (QED) is 0.155. The Balaban J connectivity index is 1.34. The number of furan rings is 1. The molecule has 0 N–H and O–H groups in total. The number of anilines is 2. The minimum Gasteiger partial charge on any atom is -0.456 e.